The van der Waals surface area contributed by atoms with Crippen molar-refractivity contribution < 1.29 is 24.5 Å². The van der Waals surface area contributed by atoms with Crippen molar-refractivity contribution >= 4 is 5.91 Å². The number of hydrogen-bond donors (Lipinski definition) is 2. The number of nitrogens with zero attached hydrogens (tertiary/aromatic N) is 3. The lowest BCUT2D eigenvalue weighted by atomic mass is 10.00. The molecule has 3 aliphatic rings. The lowest BCUT2D eigenvalue weighted by Crippen LogP contribution is -2.45. The van der Waals surface area contributed by atoms with Crippen LogP contribution in [0, 0.1) is 0 Å². The van der Waals surface area contributed by atoms with Crippen LogP contribution >= 0.6 is 0 Å². The fourth-order valence-corrected chi connectivity index (χ4v) is 5.73. The predicted molar refractivity (Wildman–Crippen MR) is 141 cm³/mol. The van der Waals surface area contributed by atoms with Gasteiger partial charge in [0.05, 0.1) is 24.8 Å². The average molecular weight is 510 g/mol. The van der Waals surface area contributed by atoms with E-state index < -0.39 is 6.10 Å². The van der Waals surface area contributed by atoms with Crippen molar-refractivity contribution in [2.24, 2.45) is 0 Å². The maximum atomic E-state index is 13.4. The summed E-state index contributed by atoms with van der Waals surface area (Å²) >= 11 is 0. The molecule has 2 aromatic carbocycles. The smallest absolute Gasteiger partial charge is 0.257 e. The number of amides is 1. The molecule has 37 heavy (non-hydrogen) atoms. The molecule has 3 aliphatic heterocycles. The largest absolute Gasteiger partial charge is 0.490 e. The molecule has 1 amide bonds. The zero-order valence-corrected chi connectivity index (χ0v) is 21.7. The number of ether oxygens (including phenoxy) is 2. The SMILES string of the molecule is C[C@@H]1CN(C[C@H](O)CN2CCc3ccccc3C2)C(=O)c2ccc(OC3CCN(CCO)CC3)cc2O1. The van der Waals surface area contributed by atoms with Gasteiger partial charge < -0.3 is 29.5 Å². The molecule has 0 saturated carbocycles. The second-order valence-electron chi connectivity index (χ2n) is 10.6. The van der Waals surface area contributed by atoms with E-state index in [1.54, 1.807) is 11.0 Å². The minimum Gasteiger partial charge on any atom is -0.490 e. The molecule has 0 spiro atoms. The summed E-state index contributed by atoms with van der Waals surface area (Å²) < 4.78 is 12.4. The highest BCUT2D eigenvalue weighted by Crippen LogP contribution is 2.31. The zero-order valence-electron chi connectivity index (χ0n) is 21.7. The summed E-state index contributed by atoms with van der Waals surface area (Å²) in [6, 6.07) is 13.9. The van der Waals surface area contributed by atoms with Crippen molar-refractivity contribution in [3.05, 3.63) is 59.2 Å². The van der Waals surface area contributed by atoms with E-state index in [0.29, 0.717) is 36.7 Å². The van der Waals surface area contributed by atoms with Gasteiger partial charge in [0.1, 0.15) is 23.7 Å². The molecule has 2 aromatic rings. The highest BCUT2D eigenvalue weighted by molar-refractivity contribution is 5.97. The Hall–Kier alpha value is -2.65. The van der Waals surface area contributed by atoms with E-state index in [4.69, 9.17) is 14.6 Å². The van der Waals surface area contributed by atoms with E-state index in [-0.39, 0.29) is 31.3 Å². The molecule has 2 atom stereocenters. The van der Waals surface area contributed by atoms with Crippen LogP contribution in [-0.4, -0.2) is 102 Å². The number of piperidine rings is 1. The Bertz CT molecular complexity index is 1070. The quantitative estimate of drug-likeness (QED) is 0.564. The van der Waals surface area contributed by atoms with Crippen molar-refractivity contribution in [2.75, 3.05) is 52.4 Å². The number of aliphatic hydroxyl groups excluding tert-OH is 2. The first-order valence-electron chi connectivity index (χ1n) is 13.6. The van der Waals surface area contributed by atoms with Gasteiger partial charge in [0.25, 0.3) is 5.91 Å². The number of aliphatic hydroxyl groups is 2. The molecule has 0 radical (unpaired) electrons. The van der Waals surface area contributed by atoms with E-state index in [1.807, 2.05) is 19.1 Å². The Kier molecular flexibility index (Phi) is 8.30. The molecule has 0 aliphatic carbocycles. The van der Waals surface area contributed by atoms with Gasteiger partial charge in [-0.15, -0.1) is 0 Å². The number of carbonyl (C=O) groups excluding carboxylic acids is 1. The molecule has 0 unspecified atom stereocenters. The van der Waals surface area contributed by atoms with E-state index >= 15 is 0 Å². The molecule has 200 valence electrons. The third kappa shape index (κ3) is 6.44. The van der Waals surface area contributed by atoms with Crippen molar-refractivity contribution in [2.45, 2.75) is 51.0 Å². The average Bonchev–Trinajstić information content (AvgIpc) is 3.00. The van der Waals surface area contributed by atoms with Crippen molar-refractivity contribution in [3.63, 3.8) is 0 Å². The van der Waals surface area contributed by atoms with E-state index in [9.17, 15) is 9.90 Å². The predicted octanol–water partition coefficient (Wildman–Crippen LogP) is 2.16. The molecule has 1 saturated heterocycles. The molecular formula is C29H39N3O5. The van der Waals surface area contributed by atoms with Crippen molar-refractivity contribution in [1.29, 1.82) is 0 Å². The second kappa shape index (κ2) is 11.8. The summed E-state index contributed by atoms with van der Waals surface area (Å²) in [6.45, 7) is 7.62. The van der Waals surface area contributed by atoms with Gasteiger partial charge in [-0.2, -0.15) is 0 Å². The fourth-order valence-electron chi connectivity index (χ4n) is 5.73. The summed E-state index contributed by atoms with van der Waals surface area (Å²) in [4.78, 5) is 19.7. The van der Waals surface area contributed by atoms with Crippen LogP contribution in [0.2, 0.25) is 0 Å². The summed E-state index contributed by atoms with van der Waals surface area (Å²) in [7, 11) is 0. The first-order valence-corrected chi connectivity index (χ1v) is 13.6. The monoisotopic (exact) mass is 509 g/mol. The van der Waals surface area contributed by atoms with Crippen LogP contribution in [0.3, 0.4) is 0 Å². The Balaban J connectivity index is 1.19. The number of β-amino-alcohol motifs (C(OH)–C–C–N with tert-alkyl or cyclic N) is 2. The first-order chi connectivity index (χ1) is 18.0. The van der Waals surface area contributed by atoms with Gasteiger partial charge in [0.15, 0.2) is 0 Å². The molecule has 8 nitrogen and oxygen atoms in total. The Morgan fingerprint density at radius 1 is 1.05 bits per heavy atom. The molecule has 1 fully saturated rings. The standard InChI is InChI=1S/C29H39N3O5/c1-21-17-32(20-24(34)19-31-11-8-22-4-2-3-5-23(22)18-31)29(35)27-7-6-26(16-28(27)36-21)37-25-9-12-30(13-10-25)14-15-33/h2-7,16,21,24-25,33-34H,8-15,17-20H2,1H3/t21-,24-/m1/s1. The maximum absolute atomic E-state index is 13.4. The van der Waals surface area contributed by atoms with Gasteiger partial charge >= 0.3 is 0 Å². The van der Waals surface area contributed by atoms with Gasteiger partial charge in [-0.3, -0.25) is 9.69 Å². The minimum atomic E-state index is -0.637. The summed E-state index contributed by atoms with van der Waals surface area (Å²) in [5.74, 6) is 1.13. The van der Waals surface area contributed by atoms with Crippen LogP contribution in [-0.2, 0) is 13.0 Å². The molecular weight excluding hydrogens is 470 g/mol. The van der Waals surface area contributed by atoms with Gasteiger partial charge in [0, 0.05) is 51.9 Å². The van der Waals surface area contributed by atoms with E-state index in [1.165, 1.54) is 11.1 Å². The highest BCUT2D eigenvalue weighted by atomic mass is 16.5. The van der Waals surface area contributed by atoms with Gasteiger partial charge in [-0.1, -0.05) is 24.3 Å². The van der Waals surface area contributed by atoms with Gasteiger partial charge in [-0.05, 0) is 49.4 Å². The first kappa shape index (κ1) is 26.0. The van der Waals surface area contributed by atoms with Crippen LogP contribution < -0.4 is 9.47 Å². The summed E-state index contributed by atoms with van der Waals surface area (Å²) in [5, 5.41) is 20.0. The molecule has 2 N–H and O–H groups in total. The molecule has 5 rings (SSSR count). The zero-order chi connectivity index (χ0) is 25.8. The molecule has 0 bridgehead atoms. The number of carbonyl (C=O) groups is 1. The number of rotatable bonds is 8. The number of likely N-dealkylation sites (tertiary alicyclic amines) is 1. The molecule has 8 heteroatoms. The molecule has 0 aromatic heterocycles. The van der Waals surface area contributed by atoms with Crippen LogP contribution in [0.25, 0.3) is 0 Å². The van der Waals surface area contributed by atoms with Gasteiger partial charge in [0.2, 0.25) is 0 Å². The second-order valence-corrected chi connectivity index (χ2v) is 10.6. The van der Waals surface area contributed by atoms with E-state index in [2.05, 4.69) is 34.1 Å². The number of fused-ring (bicyclic) bond motifs is 2. The van der Waals surface area contributed by atoms with Crippen LogP contribution in [0.4, 0.5) is 0 Å². The van der Waals surface area contributed by atoms with Crippen LogP contribution in [0.15, 0.2) is 42.5 Å². The highest BCUT2D eigenvalue weighted by Gasteiger charge is 2.30. The van der Waals surface area contributed by atoms with Gasteiger partial charge in [-0.25, -0.2) is 0 Å². The molecule has 3 heterocycles. The minimum absolute atomic E-state index is 0.111. The third-order valence-electron chi connectivity index (χ3n) is 7.64. The van der Waals surface area contributed by atoms with Crippen molar-refractivity contribution in [3.8, 4) is 11.5 Å². The Labute approximate surface area is 219 Å². The summed E-state index contributed by atoms with van der Waals surface area (Å²) in [5.41, 5.74) is 3.21. The van der Waals surface area contributed by atoms with Crippen LogP contribution in [0.1, 0.15) is 41.3 Å². The Morgan fingerprint density at radius 3 is 2.62 bits per heavy atom. The topological polar surface area (TPSA) is 85.7 Å². The summed E-state index contributed by atoms with van der Waals surface area (Å²) in [6.07, 6.45) is 2.07. The lowest BCUT2D eigenvalue weighted by molar-refractivity contribution is 0.0454. The third-order valence-corrected chi connectivity index (χ3v) is 7.64. The Morgan fingerprint density at radius 2 is 1.84 bits per heavy atom. The fraction of sp³-hybridized carbons (Fsp3) is 0.552. The lowest BCUT2D eigenvalue weighted by Gasteiger charge is -2.32. The number of benzene rings is 2. The normalized spacial score (nSPS) is 22.1. The number of hydrogen-bond acceptors (Lipinski definition) is 7. The van der Waals surface area contributed by atoms with Crippen molar-refractivity contribution in [1.82, 2.24) is 14.7 Å². The van der Waals surface area contributed by atoms with E-state index in [0.717, 1.165) is 45.4 Å². The maximum Gasteiger partial charge on any atom is 0.257 e. The van der Waals surface area contributed by atoms with Crippen LogP contribution in [0.5, 0.6) is 11.5 Å².